The minimum Gasteiger partial charge on any atom is -0.385 e. The van der Waals surface area contributed by atoms with Gasteiger partial charge in [0.05, 0.1) is 0 Å². The Balaban J connectivity index is 1.79. The summed E-state index contributed by atoms with van der Waals surface area (Å²) in [6.45, 7) is 2.14. The summed E-state index contributed by atoms with van der Waals surface area (Å²) in [5, 5.41) is 5.72. The molecule has 0 aliphatic carbocycles. The normalized spacial score (nSPS) is 13.7. The van der Waals surface area contributed by atoms with Crippen molar-refractivity contribution in [3.05, 3.63) is 47.2 Å². The maximum Gasteiger partial charge on any atom is 0.433 e. The number of nitrogens with one attached hydrogen (secondary N) is 2. The fourth-order valence-electron chi connectivity index (χ4n) is 3.05. The number of halogens is 3. The molecule has 2 heterocycles. The quantitative estimate of drug-likeness (QED) is 0.543. The van der Waals surface area contributed by atoms with E-state index in [-0.39, 0.29) is 16.9 Å². The minimum atomic E-state index is -4.59. The van der Waals surface area contributed by atoms with Crippen LogP contribution in [-0.2, 0) is 23.9 Å². The average molecular weight is 425 g/mol. The predicted octanol–water partition coefficient (Wildman–Crippen LogP) is 3.38. The second-order valence-corrected chi connectivity index (χ2v) is 7.01. The molecule has 0 saturated heterocycles. The molecule has 0 bridgehead atoms. The summed E-state index contributed by atoms with van der Waals surface area (Å²) in [6.07, 6.45) is -3.14. The number of aromatic nitrogens is 2. The van der Waals surface area contributed by atoms with E-state index in [2.05, 4.69) is 20.6 Å². The average Bonchev–Trinajstić information content (AvgIpc) is 2.70. The molecule has 10 heteroatoms. The lowest BCUT2D eigenvalue weighted by atomic mass is 10.00. The van der Waals surface area contributed by atoms with Gasteiger partial charge >= 0.3 is 6.18 Å². The van der Waals surface area contributed by atoms with Crippen LogP contribution < -0.4 is 15.5 Å². The topological polar surface area (TPSA) is 62.3 Å². The van der Waals surface area contributed by atoms with Crippen LogP contribution in [0.5, 0.6) is 0 Å². The Kier molecular flexibility index (Phi) is 6.86. The molecule has 0 saturated carbocycles. The van der Waals surface area contributed by atoms with Gasteiger partial charge in [-0.2, -0.15) is 18.2 Å². The highest BCUT2D eigenvalue weighted by Crippen LogP contribution is 2.32. The molecular formula is C19H22F3N5OS. The number of methoxy groups -OCH3 is 1. The highest BCUT2D eigenvalue weighted by molar-refractivity contribution is 7.80. The van der Waals surface area contributed by atoms with Gasteiger partial charge in [0.15, 0.2) is 10.8 Å². The van der Waals surface area contributed by atoms with Gasteiger partial charge in [0.1, 0.15) is 5.82 Å². The smallest absolute Gasteiger partial charge is 0.385 e. The zero-order chi connectivity index (χ0) is 20.9. The summed E-state index contributed by atoms with van der Waals surface area (Å²) >= 11 is 5.14. The van der Waals surface area contributed by atoms with Crippen molar-refractivity contribution in [2.24, 2.45) is 0 Å². The number of nitrogens with zero attached hydrogens (tertiary/aromatic N) is 3. The highest BCUT2D eigenvalue weighted by atomic mass is 32.1. The number of hydrogen-bond acceptors (Lipinski definition) is 5. The number of thiocarbonyl (C=S) groups is 1. The molecule has 1 aliphatic heterocycles. The molecule has 0 spiro atoms. The Morgan fingerprint density at radius 3 is 2.72 bits per heavy atom. The molecule has 1 aliphatic rings. The van der Waals surface area contributed by atoms with E-state index in [1.165, 1.54) is 5.56 Å². The molecule has 156 valence electrons. The number of anilines is 2. The third-order valence-electron chi connectivity index (χ3n) is 4.49. The van der Waals surface area contributed by atoms with E-state index in [1.54, 1.807) is 7.11 Å². The van der Waals surface area contributed by atoms with Crippen molar-refractivity contribution in [2.75, 3.05) is 37.0 Å². The Morgan fingerprint density at radius 1 is 1.24 bits per heavy atom. The van der Waals surface area contributed by atoms with E-state index in [4.69, 9.17) is 17.0 Å². The molecule has 6 nitrogen and oxygen atoms in total. The van der Waals surface area contributed by atoms with E-state index >= 15 is 0 Å². The molecular weight excluding hydrogens is 403 g/mol. The van der Waals surface area contributed by atoms with Crippen LogP contribution in [0.3, 0.4) is 0 Å². The van der Waals surface area contributed by atoms with Crippen LogP contribution in [0.15, 0.2) is 30.3 Å². The molecule has 2 aromatic rings. The van der Waals surface area contributed by atoms with Gasteiger partial charge in [-0.05, 0) is 36.2 Å². The monoisotopic (exact) mass is 425 g/mol. The molecule has 0 unspecified atom stereocenters. The number of fused-ring (bicyclic) bond motifs is 1. The van der Waals surface area contributed by atoms with E-state index in [9.17, 15) is 13.2 Å². The van der Waals surface area contributed by atoms with Crippen LogP contribution in [0.4, 0.5) is 24.9 Å². The first-order chi connectivity index (χ1) is 13.9. The van der Waals surface area contributed by atoms with E-state index < -0.39 is 11.9 Å². The standard InChI is InChI=1S/C19H22F3N5OS/c1-28-10-4-8-23-18(29)26-17-24-15(19(20,21)22)11-16(25-17)27-9-7-13-5-2-3-6-14(13)12-27/h2-3,5-6,11H,4,7-10,12H2,1H3,(H2,23,24,25,26,29). The van der Waals surface area contributed by atoms with Crippen molar-refractivity contribution in [3.63, 3.8) is 0 Å². The zero-order valence-electron chi connectivity index (χ0n) is 15.9. The van der Waals surface area contributed by atoms with Crippen molar-refractivity contribution < 1.29 is 17.9 Å². The Labute approximate surface area is 172 Å². The Bertz CT molecular complexity index is 862. The lowest BCUT2D eigenvalue weighted by Crippen LogP contribution is -2.33. The molecule has 0 atom stereocenters. The minimum absolute atomic E-state index is 0.162. The number of alkyl halides is 3. The van der Waals surface area contributed by atoms with E-state index in [1.807, 2.05) is 29.2 Å². The lowest BCUT2D eigenvalue weighted by Gasteiger charge is -2.30. The molecule has 1 aromatic heterocycles. The van der Waals surface area contributed by atoms with Crippen molar-refractivity contribution >= 4 is 29.1 Å². The van der Waals surface area contributed by atoms with E-state index in [0.29, 0.717) is 32.7 Å². The fourth-order valence-corrected chi connectivity index (χ4v) is 3.25. The summed E-state index contributed by atoms with van der Waals surface area (Å²) in [5.41, 5.74) is 1.27. The van der Waals surface area contributed by atoms with E-state index in [0.717, 1.165) is 18.1 Å². The molecule has 0 radical (unpaired) electrons. The summed E-state index contributed by atoms with van der Waals surface area (Å²) in [4.78, 5) is 9.70. The van der Waals surface area contributed by atoms with Gasteiger partial charge in [0.2, 0.25) is 5.95 Å². The highest BCUT2D eigenvalue weighted by Gasteiger charge is 2.34. The molecule has 0 amide bonds. The Hall–Kier alpha value is -2.46. The van der Waals surface area contributed by atoms with Crippen LogP contribution in [0.1, 0.15) is 23.2 Å². The van der Waals surface area contributed by atoms with Crippen LogP contribution in [0.25, 0.3) is 0 Å². The maximum atomic E-state index is 13.4. The maximum absolute atomic E-state index is 13.4. The van der Waals surface area contributed by atoms with Crippen LogP contribution in [-0.4, -0.2) is 41.9 Å². The van der Waals surface area contributed by atoms with Gasteiger partial charge in [0.25, 0.3) is 0 Å². The van der Waals surface area contributed by atoms with Gasteiger partial charge < -0.3 is 20.3 Å². The largest absolute Gasteiger partial charge is 0.433 e. The van der Waals surface area contributed by atoms with Crippen molar-refractivity contribution in [3.8, 4) is 0 Å². The van der Waals surface area contributed by atoms with Crippen molar-refractivity contribution in [1.82, 2.24) is 15.3 Å². The second kappa shape index (κ2) is 9.36. The van der Waals surface area contributed by atoms with Gasteiger partial charge in [-0.1, -0.05) is 24.3 Å². The molecule has 0 fully saturated rings. The molecule has 3 rings (SSSR count). The fraction of sp³-hybridized carbons (Fsp3) is 0.421. The van der Waals surface area contributed by atoms with Crippen molar-refractivity contribution in [1.29, 1.82) is 0 Å². The van der Waals surface area contributed by atoms with Gasteiger partial charge in [-0.25, -0.2) is 4.98 Å². The van der Waals surface area contributed by atoms with Crippen molar-refractivity contribution in [2.45, 2.75) is 25.6 Å². The Morgan fingerprint density at radius 2 is 2.00 bits per heavy atom. The third kappa shape index (κ3) is 5.77. The molecule has 29 heavy (non-hydrogen) atoms. The predicted molar refractivity (Wildman–Crippen MR) is 109 cm³/mol. The first-order valence-corrected chi connectivity index (χ1v) is 9.59. The lowest BCUT2D eigenvalue weighted by molar-refractivity contribution is -0.141. The summed E-state index contributed by atoms with van der Waals surface area (Å²) in [5.74, 6) is 0.0319. The summed E-state index contributed by atoms with van der Waals surface area (Å²) in [7, 11) is 1.59. The summed E-state index contributed by atoms with van der Waals surface area (Å²) in [6, 6.07) is 8.88. The first-order valence-electron chi connectivity index (χ1n) is 9.18. The van der Waals surface area contributed by atoms with Crippen LogP contribution in [0, 0.1) is 0 Å². The number of ether oxygens (including phenoxy) is 1. The molecule has 2 N–H and O–H groups in total. The van der Waals surface area contributed by atoms with Gasteiger partial charge in [-0.3, -0.25) is 0 Å². The second-order valence-electron chi connectivity index (χ2n) is 6.60. The first kappa shape index (κ1) is 21.3. The third-order valence-corrected chi connectivity index (χ3v) is 4.74. The zero-order valence-corrected chi connectivity index (χ0v) is 16.7. The summed E-state index contributed by atoms with van der Waals surface area (Å²) < 4.78 is 45.1. The van der Waals surface area contributed by atoms with Gasteiger partial charge in [0, 0.05) is 39.4 Å². The SMILES string of the molecule is COCCCNC(=S)Nc1nc(N2CCc3ccccc3C2)cc(C(F)(F)F)n1. The van der Waals surface area contributed by atoms with Crippen LogP contribution >= 0.6 is 12.2 Å². The number of rotatable bonds is 6. The number of hydrogen-bond donors (Lipinski definition) is 2. The van der Waals surface area contributed by atoms with Crippen LogP contribution in [0.2, 0.25) is 0 Å². The number of benzene rings is 1. The van der Waals surface area contributed by atoms with Gasteiger partial charge in [-0.15, -0.1) is 0 Å². The molecule has 1 aromatic carbocycles.